The quantitative estimate of drug-likeness (QED) is 0.747. The highest BCUT2D eigenvalue weighted by Crippen LogP contribution is 2.24. The Morgan fingerprint density at radius 1 is 1.19 bits per heavy atom. The van der Waals surface area contributed by atoms with Gasteiger partial charge in [-0.25, -0.2) is 9.97 Å². The fourth-order valence-corrected chi connectivity index (χ4v) is 2.84. The number of benzene rings is 1. The molecule has 0 radical (unpaired) electrons. The van der Waals surface area contributed by atoms with Gasteiger partial charge in [-0.1, -0.05) is 6.07 Å². The molecule has 0 bridgehead atoms. The maximum atomic E-state index is 4.86. The Morgan fingerprint density at radius 3 is 2.81 bits per heavy atom. The molecule has 3 aromatic rings. The molecule has 110 valence electrons. The van der Waals surface area contributed by atoms with Gasteiger partial charge in [0.05, 0.1) is 11.0 Å². The number of hydrogen-bond acceptors (Lipinski definition) is 4. The number of nitrogens with one attached hydrogen (secondary N) is 1. The summed E-state index contributed by atoms with van der Waals surface area (Å²) in [4.78, 5) is 11.7. The fourth-order valence-electron chi connectivity index (χ4n) is 2.84. The number of piperazine rings is 1. The van der Waals surface area contributed by atoms with Crippen molar-refractivity contribution in [1.29, 1.82) is 0 Å². The van der Waals surface area contributed by atoms with Crippen molar-refractivity contribution in [3.63, 3.8) is 0 Å². The Balaban J connectivity index is 0.00000132. The largest absolute Gasteiger partial charge is 0.351 e. The number of fused-ring (bicyclic) bond motifs is 3. The van der Waals surface area contributed by atoms with Crippen molar-refractivity contribution in [2.24, 2.45) is 0 Å². The first-order valence-corrected chi connectivity index (χ1v) is 7.02. The van der Waals surface area contributed by atoms with Crippen molar-refractivity contribution >= 4 is 34.9 Å². The molecule has 4 rings (SSSR count). The molecule has 5 nitrogen and oxygen atoms in total. The SMILES string of the molecule is Cc1ccc2nc(N3CCNCC3)c3nccn3c2c1.Cl. The summed E-state index contributed by atoms with van der Waals surface area (Å²) in [5, 5.41) is 3.37. The van der Waals surface area contributed by atoms with E-state index in [1.54, 1.807) is 0 Å². The van der Waals surface area contributed by atoms with E-state index < -0.39 is 0 Å². The molecule has 0 aliphatic carbocycles. The van der Waals surface area contributed by atoms with Crippen LogP contribution in [0.15, 0.2) is 30.6 Å². The topological polar surface area (TPSA) is 45.5 Å². The number of halogens is 1. The van der Waals surface area contributed by atoms with Crippen LogP contribution in [0.2, 0.25) is 0 Å². The molecule has 0 atom stereocenters. The molecule has 6 heteroatoms. The van der Waals surface area contributed by atoms with E-state index in [1.165, 1.54) is 5.56 Å². The standard InChI is InChI=1S/C15H17N5.ClH/c1-11-2-3-12-13(10-11)20-9-6-17-14(20)15(18-12)19-7-4-16-5-8-19;/h2-3,6,9-10,16H,4-5,7-8H2,1H3;1H. The molecule has 1 fully saturated rings. The van der Waals surface area contributed by atoms with Crippen molar-refractivity contribution in [2.75, 3.05) is 31.1 Å². The summed E-state index contributed by atoms with van der Waals surface area (Å²) in [5.41, 5.74) is 4.33. The second-order valence-corrected chi connectivity index (χ2v) is 5.29. The van der Waals surface area contributed by atoms with E-state index in [2.05, 4.69) is 44.7 Å². The number of imidazole rings is 1. The van der Waals surface area contributed by atoms with E-state index in [0.717, 1.165) is 48.7 Å². The third-order valence-electron chi connectivity index (χ3n) is 3.87. The zero-order valence-corrected chi connectivity index (χ0v) is 12.7. The maximum Gasteiger partial charge on any atom is 0.180 e. The van der Waals surface area contributed by atoms with Gasteiger partial charge in [-0.2, -0.15) is 0 Å². The Labute approximate surface area is 129 Å². The Kier molecular flexibility index (Phi) is 3.69. The predicted molar refractivity (Wildman–Crippen MR) is 87.6 cm³/mol. The van der Waals surface area contributed by atoms with Gasteiger partial charge in [0.2, 0.25) is 0 Å². The van der Waals surface area contributed by atoms with Crippen LogP contribution in [0.25, 0.3) is 16.7 Å². The third kappa shape index (κ3) is 2.32. The van der Waals surface area contributed by atoms with Crippen LogP contribution < -0.4 is 10.2 Å². The first kappa shape index (κ1) is 14.1. The fraction of sp³-hybridized carbons (Fsp3) is 0.333. The summed E-state index contributed by atoms with van der Waals surface area (Å²) in [7, 11) is 0. The third-order valence-corrected chi connectivity index (χ3v) is 3.87. The second-order valence-electron chi connectivity index (χ2n) is 5.29. The summed E-state index contributed by atoms with van der Waals surface area (Å²) >= 11 is 0. The van der Waals surface area contributed by atoms with Crippen LogP contribution in [0.1, 0.15) is 5.56 Å². The van der Waals surface area contributed by atoms with Crippen LogP contribution in [-0.4, -0.2) is 40.5 Å². The van der Waals surface area contributed by atoms with E-state index in [1.807, 2.05) is 12.4 Å². The molecular weight excluding hydrogens is 286 g/mol. The van der Waals surface area contributed by atoms with Crippen molar-refractivity contribution in [3.8, 4) is 0 Å². The average molecular weight is 304 g/mol. The van der Waals surface area contributed by atoms with Gasteiger partial charge in [0, 0.05) is 38.6 Å². The lowest BCUT2D eigenvalue weighted by atomic mass is 10.2. The van der Waals surface area contributed by atoms with E-state index in [0.29, 0.717) is 0 Å². The van der Waals surface area contributed by atoms with Crippen LogP contribution in [0.3, 0.4) is 0 Å². The minimum atomic E-state index is 0. The summed E-state index contributed by atoms with van der Waals surface area (Å²) in [6.45, 7) is 6.06. The summed E-state index contributed by atoms with van der Waals surface area (Å²) in [6, 6.07) is 6.37. The van der Waals surface area contributed by atoms with Crippen LogP contribution >= 0.6 is 12.4 Å². The summed E-state index contributed by atoms with van der Waals surface area (Å²) < 4.78 is 2.15. The molecule has 0 amide bonds. The normalized spacial score (nSPS) is 15.4. The molecular formula is C15H18ClN5. The van der Waals surface area contributed by atoms with Crippen molar-refractivity contribution in [1.82, 2.24) is 19.7 Å². The van der Waals surface area contributed by atoms with Gasteiger partial charge in [0.1, 0.15) is 0 Å². The average Bonchev–Trinajstić information content (AvgIpc) is 2.97. The molecule has 1 aliphatic rings. The first-order valence-electron chi connectivity index (χ1n) is 7.02. The zero-order valence-electron chi connectivity index (χ0n) is 11.9. The zero-order chi connectivity index (χ0) is 13.5. The van der Waals surface area contributed by atoms with Gasteiger partial charge in [0.15, 0.2) is 11.5 Å². The predicted octanol–water partition coefficient (Wildman–Crippen LogP) is 2.02. The molecule has 21 heavy (non-hydrogen) atoms. The maximum absolute atomic E-state index is 4.86. The lowest BCUT2D eigenvalue weighted by molar-refractivity contribution is 0.586. The Bertz CT molecular complexity index is 776. The highest BCUT2D eigenvalue weighted by Gasteiger charge is 2.17. The molecule has 0 unspecified atom stereocenters. The monoisotopic (exact) mass is 303 g/mol. The van der Waals surface area contributed by atoms with E-state index >= 15 is 0 Å². The summed E-state index contributed by atoms with van der Waals surface area (Å²) in [6.07, 6.45) is 3.87. The minimum absolute atomic E-state index is 0. The first-order chi connectivity index (χ1) is 9.83. The van der Waals surface area contributed by atoms with Gasteiger partial charge < -0.3 is 10.2 Å². The van der Waals surface area contributed by atoms with Gasteiger partial charge >= 0.3 is 0 Å². The highest BCUT2D eigenvalue weighted by atomic mass is 35.5. The van der Waals surface area contributed by atoms with Crippen molar-refractivity contribution in [2.45, 2.75) is 6.92 Å². The molecule has 0 spiro atoms. The molecule has 1 aromatic carbocycles. The smallest absolute Gasteiger partial charge is 0.180 e. The van der Waals surface area contributed by atoms with E-state index in [9.17, 15) is 0 Å². The lowest BCUT2D eigenvalue weighted by Crippen LogP contribution is -2.44. The van der Waals surface area contributed by atoms with E-state index in [4.69, 9.17) is 4.98 Å². The van der Waals surface area contributed by atoms with Crippen molar-refractivity contribution in [3.05, 3.63) is 36.2 Å². The lowest BCUT2D eigenvalue weighted by Gasteiger charge is -2.28. The molecule has 1 N–H and O–H groups in total. The minimum Gasteiger partial charge on any atom is -0.351 e. The van der Waals surface area contributed by atoms with Crippen LogP contribution in [0.5, 0.6) is 0 Å². The van der Waals surface area contributed by atoms with Gasteiger partial charge in [-0.3, -0.25) is 4.40 Å². The van der Waals surface area contributed by atoms with Crippen molar-refractivity contribution < 1.29 is 0 Å². The number of aromatic nitrogens is 3. The molecule has 0 saturated carbocycles. The number of hydrogen-bond donors (Lipinski definition) is 1. The van der Waals surface area contributed by atoms with Crippen LogP contribution in [0.4, 0.5) is 5.82 Å². The number of anilines is 1. The second kappa shape index (κ2) is 5.50. The Morgan fingerprint density at radius 2 is 2.00 bits per heavy atom. The van der Waals surface area contributed by atoms with Gasteiger partial charge in [-0.05, 0) is 24.6 Å². The van der Waals surface area contributed by atoms with Gasteiger partial charge in [0.25, 0.3) is 0 Å². The summed E-state index contributed by atoms with van der Waals surface area (Å²) in [5.74, 6) is 0.993. The Hall–Kier alpha value is -1.85. The molecule has 1 saturated heterocycles. The molecule has 3 heterocycles. The van der Waals surface area contributed by atoms with E-state index in [-0.39, 0.29) is 12.4 Å². The number of nitrogens with zero attached hydrogens (tertiary/aromatic N) is 4. The number of rotatable bonds is 1. The van der Waals surface area contributed by atoms with Gasteiger partial charge in [-0.15, -0.1) is 12.4 Å². The number of aryl methyl sites for hydroxylation is 1. The molecule has 1 aliphatic heterocycles. The van der Waals surface area contributed by atoms with Crippen LogP contribution in [-0.2, 0) is 0 Å². The highest BCUT2D eigenvalue weighted by molar-refractivity contribution is 5.85. The van der Waals surface area contributed by atoms with Crippen LogP contribution in [0, 0.1) is 6.92 Å². The molecule has 2 aromatic heterocycles.